The van der Waals surface area contributed by atoms with Gasteiger partial charge in [0.25, 0.3) is 5.91 Å². The highest BCUT2D eigenvalue weighted by Gasteiger charge is 2.38. The zero-order chi connectivity index (χ0) is 17.6. The maximum atomic E-state index is 12.7. The number of para-hydroxylation sites is 2. The number of likely N-dealkylation sites (tertiary alicyclic amines) is 1. The molecule has 4 amide bonds. The Kier molecular flexibility index (Phi) is 3.67. The van der Waals surface area contributed by atoms with Gasteiger partial charge in [-0.2, -0.15) is 0 Å². The Bertz CT molecular complexity index is 828. The van der Waals surface area contributed by atoms with Gasteiger partial charge in [0.15, 0.2) is 0 Å². The first-order valence-electron chi connectivity index (χ1n) is 8.34. The summed E-state index contributed by atoms with van der Waals surface area (Å²) in [5.41, 5.74) is 1.80. The van der Waals surface area contributed by atoms with Crippen molar-refractivity contribution < 1.29 is 14.4 Å². The molecule has 2 aliphatic heterocycles. The van der Waals surface area contributed by atoms with Crippen molar-refractivity contribution in [3.05, 3.63) is 30.1 Å². The van der Waals surface area contributed by atoms with Gasteiger partial charge in [-0.15, -0.1) is 0 Å². The van der Waals surface area contributed by atoms with E-state index in [1.54, 1.807) is 11.9 Å². The maximum Gasteiger partial charge on any atom is 0.327 e. The van der Waals surface area contributed by atoms with Crippen molar-refractivity contribution in [2.75, 3.05) is 26.7 Å². The van der Waals surface area contributed by atoms with E-state index < -0.39 is 6.03 Å². The minimum Gasteiger partial charge on any atom is -0.340 e. The fraction of sp³-hybridized carbons (Fsp3) is 0.412. The molecular formula is C17H19N5O3. The second-order valence-electron chi connectivity index (χ2n) is 6.50. The normalized spacial score (nSPS) is 21.0. The molecule has 4 rings (SSSR count). The average Bonchev–Trinajstić information content (AvgIpc) is 3.28. The van der Waals surface area contributed by atoms with Crippen LogP contribution in [0.1, 0.15) is 24.7 Å². The minimum absolute atomic E-state index is 0.0269. The smallest absolute Gasteiger partial charge is 0.327 e. The maximum absolute atomic E-state index is 12.7. The zero-order valence-corrected chi connectivity index (χ0v) is 13.9. The van der Waals surface area contributed by atoms with Gasteiger partial charge >= 0.3 is 6.03 Å². The summed E-state index contributed by atoms with van der Waals surface area (Å²) in [7, 11) is 1.55. The summed E-state index contributed by atoms with van der Waals surface area (Å²) < 4.78 is 0. The molecule has 2 saturated heterocycles. The summed E-state index contributed by atoms with van der Waals surface area (Å²) in [4.78, 5) is 48.5. The number of likely N-dealkylation sites (N-methyl/N-ethyl adjacent to an activating group) is 1. The second-order valence-corrected chi connectivity index (χ2v) is 6.50. The molecule has 0 saturated carbocycles. The number of benzene rings is 1. The quantitative estimate of drug-likeness (QED) is 0.847. The Morgan fingerprint density at radius 3 is 2.84 bits per heavy atom. The molecule has 8 heteroatoms. The van der Waals surface area contributed by atoms with Crippen LogP contribution in [-0.2, 0) is 9.59 Å². The number of aromatic nitrogens is 2. The highest BCUT2D eigenvalue weighted by atomic mass is 16.2. The highest BCUT2D eigenvalue weighted by Crippen LogP contribution is 2.31. The number of nitrogens with one attached hydrogen (secondary N) is 1. The molecule has 1 unspecified atom stereocenters. The van der Waals surface area contributed by atoms with Crippen molar-refractivity contribution in [3.8, 4) is 0 Å². The van der Waals surface area contributed by atoms with E-state index >= 15 is 0 Å². The molecule has 0 aliphatic carbocycles. The topological polar surface area (TPSA) is 89.6 Å². The Balaban J connectivity index is 1.54. The van der Waals surface area contributed by atoms with Crippen molar-refractivity contribution in [2.45, 2.75) is 18.9 Å². The lowest BCUT2D eigenvalue weighted by molar-refractivity contribution is -0.137. The van der Waals surface area contributed by atoms with E-state index in [4.69, 9.17) is 0 Å². The second kappa shape index (κ2) is 5.87. The lowest BCUT2D eigenvalue weighted by Gasteiger charge is -2.25. The number of imide groups is 1. The first-order chi connectivity index (χ1) is 12.0. The molecule has 130 valence electrons. The van der Waals surface area contributed by atoms with Crippen molar-refractivity contribution in [2.24, 2.45) is 0 Å². The molecule has 0 bridgehead atoms. The summed E-state index contributed by atoms with van der Waals surface area (Å²) in [6.45, 7) is 0.421. The molecule has 2 aliphatic rings. The molecule has 2 fully saturated rings. The number of hydrogen-bond donors (Lipinski definition) is 1. The molecule has 0 spiro atoms. The summed E-state index contributed by atoms with van der Waals surface area (Å²) in [6.07, 6.45) is 1.68. The fourth-order valence-electron chi connectivity index (χ4n) is 3.53. The van der Waals surface area contributed by atoms with Crippen LogP contribution in [0.4, 0.5) is 4.79 Å². The van der Waals surface area contributed by atoms with E-state index in [-0.39, 0.29) is 30.9 Å². The van der Waals surface area contributed by atoms with Crippen LogP contribution in [0.3, 0.4) is 0 Å². The lowest BCUT2D eigenvalue weighted by atomic mass is 10.2. The molecule has 1 aromatic carbocycles. The van der Waals surface area contributed by atoms with E-state index in [0.29, 0.717) is 6.54 Å². The molecule has 3 heterocycles. The van der Waals surface area contributed by atoms with E-state index in [1.807, 2.05) is 24.3 Å². The minimum atomic E-state index is -0.419. The van der Waals surface area contributed by atoms with Gasteiger partial charge in [-0.05, 0) is 25.0 Å². The molecule has 1 N–H and O–H groups in total. The van der Waals surface area contributed by atoms with E-state index in [0.717, 1.165) is 34.6 Å². The van der Waals surface area contributed by atoms with Gasteiger partial charge in [0, 0.05) is 13.6 Å². The molecule has 25 heavy (non-hydrogen) atoms. The van der Waals surface area contributed by atoms with Gasteiger partial charge in [0.2, 0.25) is 5.91 Å². The van der Waals surface area contributed by atoms with Crippen molar-refractivity contribution >= 4 is 28.9 Å². The van der Waals surface area contributed by atoms with Gasteiger partial charge in [-0.1, -0.05) is 12.1 Å². The zero-order valence-electron chi connectivity index (χ0n) is 13.9. The van der Waals surface area contributed by atoms with Crippen LogP contribution in [0.5, 0.6) is 0 Å². The molecule has 8 nitrogen and oxygen atoms in total. The van der Waals surface area contributed by atoms with Gasteiger partial charge in [0.05, 0.1) is 17.1 Å². The lowest BCUT2D eigenvalue weighted by Crippen LogP contribution is -2.43. The number of urea groups is 1. The van der Waals surface area contributed by atoms with Crippen LogP contribution < -0.4 is 0 Å². The third-order valence-electron chi connectivity index (χ3n) is 4.82. The number of imidazole rings is 1. The number of amides is 4. The molecule has 2 aromatic rings. The monoisotopic (exact) mass is 341 g/mol. The number of hydrogen-bond acceptors (Lipinski definition) is 4. The van der Waals surface area contributed by atoms with Crippen LogP contribution in [0.25, 0.3) is 11.0 Å². The number of rotatable bonds is 3. The Morgan fingerprint density at radius 1 is 1.32 bits per heavy atom. The molecule has 1 aromatic heterocycles. The summed E-state index contributed by atoms with van der Waals surface area (Å²) in [6, 6.07) is 7.16. The predicted molar refractivity (Wildman–Crippen MR) is 89.5 cm³/mol. The highest BCUT2D eigenvalue weighted by molar-refractivity contribution is 6.04. The number of fused-ring (bicyclic) bond motifs is 1. The average molecular weight is 341 g/mol. The standard InChI is InChI=1S/C17H19N5O3/c1-20-9-14(23)22(17(20)25)10-15(24)21-8-4-7-13(21)16-18-11-5-2-3-6-12(11)19-16/h2-3,5-6,13H,4,7-10H2,1H3,(H,18,19). The third-order valence-corrected chi connectivity index (χ3v) is 4.82. The van der Waals surface area contributed by atoms with E-state index in [1.165, 1.54) is 4.90 Å². The first-order valence-corrected chi connectivity index (χ1v) is 8.34. The molecule has 1 atom stereocenters. The number of carbonyl (C=O) groups is 3. The van der Waals surface area contributed by atoms with Gasteiger partial charge < -0.3 is 14.8 Å². The summed E-state index contributed by atoms with van der Waals surface area (Å²) in [5, 5.41) is 0. The van der Waals surface area contributed by atoms with Crippen LogP contribution in [-0.4, -0.2) is 69.2 Å². The van der Waals surface area contributed by atoms with Gasteiger partial charge in [-0.3, -0.25) is 14.5 Å². The predicted octanol–water partition coefficient (Wildman–Crippen LogP) is 1.12. The van der Waals surface area contributed by atoms with Gasteiger partial charge in [-0.25, -0.2) is 9.78 Å². The van der Waals surface area contributed by atoms with Crippen molar-refractivity contribution in [1.82, 2.24) is 24.7 Å². The van der Waals surface area contributed by atoms with Crippen LogP contribution >= 0.6 is 0 Å². The Hall–Kier alpha value is -2.90. The fourth-order valence-corrected chi connectivity index (χ4v) is 3.53. The summed E-state index contributed by atoms with van der Waals surface area (Å²) in [5.74, 6) is 0.198. The third kappa shape index (κ3) is 2.63. The van der Waals surface area contributed by atoms with Crippen LogP contribution in [0.15, 0.2) is 24.3 Å². The van der Waals surface area contributed by atoms with Crippen LogP contribution in [0, 0.1) is 0 Å². The molecular weight excluding hydrogens is 322 g/mol. The number of nitrogens with zero attached hydrogens (tertiary/aromatic N) is 4. The van der Waals surface area contributed by atoms with Gasteiger partial charge in [0.1, 0.15) is 18.9 Å². The number of H-pyrrole nitrogens is 1. The molecule has 0 radical (unpaired) electrons. The van der Waals surface area contributed by atoms with Crippen molar-refractivity contribution in [1.29, 1.82) is 0 Å². The first kappa shape index (κ1) is 15.6. The Labute approximate surface area is 144 Å². The van der Waals surface area contributed by atoms with E-state index in [2.05, 4.69) is 9.97 Å². The number of aromatic amines is 1. The largest absolute Gasteiger partial charge is 0.340 e. The van der Waals surface area contributed by atoms with Crippen LogP contribution in [0.2, 0.25) is 0 Å². The van der Waals surface area contributed by atoms with Crippen molar-refractivity contribution in [3.63, 3.8) is 0 Å². The SMILES string of the molecule is CN1CC(=O)N(CC(=O)N2CCCC2c2nc3ccccc3[nH]2)C1=O. The summed E-state index contributed by atoms with van der Waals surface area (Å²) >= 11 is 0. The Morgan fingerprint density at radius 2 is 2.12 bits per heavy atom. The number of carbonyl (C=O) groups excluding carboxylic acids is 3. The van der Waals surface area contributed by atoms with E-state index in [9.17, 15) is 14.4 Å².